The summed E-state index contributed by atoms with van der Waals surface area (Å²) in [7, 11) is 0. The Bertz CT molecular complexity index is 514. The smallest absolute Gasteiger partial charge is 0.329 e. The minimum absolute atomic E-state index is 0.214. The van der Waals surface area contributed by atoms with Gasteiger partial charge in [-0.05, 0) is 31.9 Å². The summed E-state index contributed by atoms with van der Waals surface area (Å²) in [4.78, 5) is 23.4. The Labute approximate surface area is 123 Å². The molecule has 0 bridgehead atoms. The van der Waals surface area contributed by atoms with Crippen molar-refractivity contribution in [2.45, 2.75) is 45.3 Å². The number of carbonyl (C=O) groups is 2. The third kappa shape index (κ3) is 4.18. The average molecular weight is 297 g/mol. The SMILES string of the molecule is CCC(CC)(NC(=O)C(C)Oc1cccc(F)c1)C(=O)O. The van der Waals surface area contributed by atoms with Gasteiger partial charge in [0.15, 0.2) is 6.10 Å². The molecule has 21 heavy (non-hydrogen) atoms. The summed E-state index contributed by atoms with van der Waals surface area (Å²) < 4.78 is 18.4. The Balaban J connectivity index is 2.76. The van der Waals surface area contributed by atoms with Gasteiger partial charge in [0.2, 0.25) is 0 Å². The van der Waals surface area contributed by atoms with E-state index in [4.69, 9.17) is 4.74 Å². The maximum atomic E-state index is 13.0. The Morgan fingerprint density at radius 1 is 1.38 bits per heavy atom. The van der Waals surface area contributed by atoms with Gasteiger partial charge in [0, 0.05) is 6.07 Å². The second kappa shape index (κ2) is 7.06. The van der Waals surface area contributed by atoms with Crippen LogP contribution in [0.5, 0.6) is 5.75 Å². The normalized spacial score (nSPS) is 12.6. The summed E-state index contributed by atoms with van der Waals surface area (Å²) in [5.41, 5.74) is -1.31. The van der Waals surface area contributed by atoms with Crippen LogP contribution in [0.15, 0.2) is 24.3 Å². The highest BCUT2D eigenvalue weighted by molar-refractivity contribution is 5.89. The average Bonchev–Trinajstić information content (AvgIpc) is 2.44. The molecule has 116 valence electrons. The van der Waals surface area contributed by atoms with Crippen LogP contribution in [-0.4, -0.2) is 28.6 Å². The molecule has 1 aromatic carbocycles. The van der Waals surface area contributed by atoms with Gasteiger partial charge in [-0.1, -0.05) is 19.9 Å². The number of benzene rings is 1. The van der Waals surface area contributed by atoms with Gasteiger partial charge >= 0.3 is 5.97 Å². The predicted molar refractivity (Wildman–Crippen MR) is 75.6 cm³/mol. The number of hydrogen-bond acceptors (Lipinski definition) is 3. The first kappa shape index (κ1) is 16.9. The van der Waals surface area contributed by atoms with E-state index in [-0.39, 0.29) is 18.6 Å². The van der Waals surface area contributed by atoms with E-state index in [9.17, 15) is 19.1 Å². The Kier molecular flexibility index (Phi) is 5.69. The van der Waals surface area contributed by atoms with Gasteiger partial charge in [0.25, 0.3) is 5.91 Å². The quantitative estimate of drug-likeness (QED) is 0.810. The number of carbonyl (C=O) groups excluding carboxylic acids is 1. The molecule has 0 aliphatic rings. The van der Waals surface area contributed by atoms with Crippen molar-refractivity contribution in [1.29, 1.82) is 0 Å². The zero-order valence-electron chi connectivity index (χ0n) is 12.4. The number of aliphatic carboxylic acids is 1. The number of nitrogens with one attached hydrogen (secondary N) is 1. The molecule has 6 heteroatoms. The zero-order chi connectivity index (χ0) is 16.0. The van der Waals surface area contributed by atoms with Crippen LogP contribution in [-0.2, 0) is 9.59 Å². The first-order valence-corrected chi connectivity index (χ1v) is 6.82. The molecular weight excluding hydrogens is 277 g/mol. The van der Waals surface area contributed by atoms with Crippen molar-refractivity contribution in [2.24, 2.45) is 0 Å². The number of carboxylic acids is 1. The van der Waals surface area contributed by atoms with Crippen LogP contribution in [0.1, 0.15) is 33.6 Å². The molecule has 0 spiro atoms. The van der Waals surface area contributed by atoms with Crippen LogP contribution < -0.4 is 10.1 Å². The first-order chi connectivity index (χ1) is 9.84. The fourth-order valence-electron chi connectivity index (χ4n) is 1.92. The van der Waals surface area contributed by atoms with Crippen LogP contribution in [0.2, 0.25) is 0 Å². The lowest BCUT2D eigenvalue weighted by Crippen LogP contribution is -2.56. The Morgan fingerprint density at radius 3 is 2.48 bits per heavy atom. The summed E-state index contributed by atoms with van der Waals surface area (Å²) in [6, 6.07) is 5.42. The van der Waals surface area contributed by atoms with Gasteiger partial charge in [0.05, 0.1) is 0 Å². The lowest BCUT2D eigenvalue weighted by molar-refractivity contribution is -0.149. The van der Waals surface area contributed by atoms with Crippen LogP contribution in [0.3, 0.4) is 0 Å². The van der Waals surface area contributed by atoms with Crippen LogP contribution >= 0.6 is 0 Å². The molecule has 1 amide bonds. The summed E-state index contributed by atoms with van der Waals surface area (Å²) in [6.45, 7) is 4.87. The third-order valence-corrected chi connectivity index (χ3v) is 3.46. The second-order valence-corrected chi connectivity index (χ2v) is 4.80. The standard InChI is InChI=1S/C15H20FNO4/c1-4-15(5-2,14(19)20)17-13(18)10(3)21-12-8-6-7-11(16)9-12/h6-10H,4-5H2,1-3H3,(H,17,18)(H,19,20). The highest BCUT2D eigenvalue weighted by atomic mass is 19.1. The molecule has 0 fully saturated rings. The largest absolute Gasteiger partial charge is 0.481 e. The lowest BCUT2D eigenvalue weighted by atomic mass is 9.92. The summed E-state index contributed by atoms with van der Waals surface area (Å²) in [5, 5.41) is 11.8. The van der Waals surface area contributed by atoms with Crippen LogP contribution in [0, 0.1) is 5.82 Å². The molecule has 1 unspecified atom stereocenters. The summed E-state index contributed by atoms with van der Waals surface area (Å²) in [5.74, 6) is -1.89. The number of amides is 1. The number of rotatable bonds is 7. The van der Waals surface area contributed by atoms with Crippen LogP contribution in [0.25, 0.3) is 0 Å². The topological polar surface area (TPSA) is 75.6 Å². The molecule has 0 saturated carbocycles. The van der Waals surface area contributed by atoms with E-state index in [1.807, 2.05) is 0 Å². The maximum Gasteiger partial charge on any atom is 0.329 e. The minimum Gasteiger partial charge on any atom is -0.481 e. The molecule has 1 atom stereocenters. The van der Waals surface area contributed by atoms with Gasteiger partial charge in [-0.15, -0.1) is 0 Å². The monoisotopic (exact) mass is 297 g/mol. The predicted octanol–water partition coefficient (Wildman–Crippen LogP) is 2.35. The fraction of sp³-hybridized carbons (Fsp3) is 0.467. The minimum atomic E-state index is -1.31. The van der Waals surface area contributed by atoms with Crippen LogP contribution in [0.4, 0.5) is 4.39 Å². The fourth-order valence-corrected chi connectivity index (χ4v) is 1.92. The van der Waals surface area contributed by atoms with E-state index < -0.39 is 29.3 Å². The van der Waals surface area contributed by atoms with Crippen molar-refractivity contribution in [1.82, 2.24) is 5.32 Å². The molecule has 1 rings (SSSR count). The van der Waals surface area contributed by atoms with E-state index in [0.717, 1.165) is 6.07 Å². The van der Waals surface area contributed by atoms with Gasteiger partial charge in [-0.3, -0.25) is 4.79 Å². The zero-order valence-corrected chi connectivity index (χ0v) is 12.4. The lowest BCUT2D eigenvalue weighted by Gasteiger charge is -2.29. The van der Waals surface area contributed by atoms with Gasteiger partial charge in [-0.25, -0.2) is 9.18 Å². The molecule has 0 aromatic heterocycles. The molecule has 0 aliphatic heterocycles. The first-order valence-electron chi connectivity index (χ1n) is 6.82. The number of ether oxygens (including phenoxy) is 1. The molecule has 0 aliphatic carbocycles. The molecule has 0 saturated heterocycles. The van der Waals surface area contributed by atoms with Crippen molar-refractivity contribution < 1.29 is 23.8 Å². The van der Waals surface area contributed by atoms with Crippen molar-refractivity contribution in [3.05, 3.63) is 30.1 Å². The molecular formula is C15H20FNO4. The van der Waals surface area contributed by atoms with Gasteiger partial charge in [0.1, 0.15) is 17.1 Å². The number of carboxylic acid groups (broad SMARTS) is 1. The van der Waals surface area contributed by atoms with Crippen molar-refractivity contribution in [3.63, 3.8) is 0 Å². The van der Waals surface area contributed by atoms with Gasteiger partial charge < -0.3 is 15.2 Å². The van der Waals surface area contributed by atoms with E-state index in [1.54, 1.807) is 13.8 Å². The summed E-state index contributed by atoms with van der Waals surface area (Å²) >= 11 is 0. The maximum absolute atomic E-state index is 13.0. The molecule has 2 N–H and O–H groups in total. The van der Waals surface area contributed by atoms with Crippen molar-refractivity contribution in [2.75, 3.05) is 0 Å². The van der Waals surface area contributed by atoms with Gasteiger partial charge in [-0.2, -0.15) is 0 Å². The molecule has 1 aromatic rings. The second-order valence-electron chi connectivity index (χ2n) is 4.80. The molecule has 5 nitrogen and oxygen atoms in total. The van der Waals surface area contributed by atoms with Crippen molar-refractivity contribution in [3.8, 4) is 5.75 Å². The van der Waals surface area contributed by atoms with E-state index in [1.165, 1.54) is 25.1 Å². The Morgan fingerprint density at radius 2 is 2.00 bits per heavy atom. The van der Waals surface area contributed by atoms with E-state index in [0.29, 0.717) is 0 Å². The highest BCUT2D eigenvalue weighted by Gasteiger charge is 2.37. The number of halogens is 1. The Hall–Kier alpha value is -2.11. The third-order valence-electron chi connectivity index (χ3n) is 3.46. The van der Waals surface area contributed by atoms with Crippen molar-refractivity contribution >= 4 is 11.9 Å². The summed E-state index contributed by atoms with van der Waals surface area (Å²) in [6.07, 6.45) is -0.405. The van der Waals surface area contributed by atoms with E-state index >= 15 is 0 Å². The molecule has 0 radical (unpaired) electrons. The highest BCUT2D eigenvalue weighted by Crippen LogP contribution is 2.17. The molecule has 0 heterocycles. The number of hydrogen-bond donors (Lipinski definition) is 2. The van der Waals surface area contributed by atoms with E-state index in [2.05, 4.69) is 5.32 Å².